The van der Waals surface area contributed by atoms with Crippen molar-refractivity contribution in [2.75, 3.05) is 0 Å². The van der Waals surface area contributed by atoms with Gasteiger partial charge in [0.15, 0.2) is 93.2 Å². The van der Waals surface area contributed by atoms with E-state index in [2.05, 4.69) is 0 Å². The van der Waals surface area contributed by atoms with E-state index in [1.54, 1.807) is 57.7 Å². The number of fused-ring (bicyclic) bond motifs is 6. The second-order valence-electron chi connectivity index (χ2n) is 28.1. The summed E-state index contributed by atoms with van der Waals surface area (Å²) < 4.78 is 136. The number of aromatic nitrogens is 14. The first-order chi connectivity index (χ1) is 58.2. The third-order valence-corrected chi connectivity index (χ3v) is 20.7. The molecule has 0 aliphatic heterocycles. The number of nitrogens with zero attached hydrogens (tertiary/aromatic N) is 14. The van der Waals surface area contributed by atoms with Crippen molar-refractivity contribution >= 4 is 43.6 Å². The zero-order valence-corrected chi connectivity index (χ0v) is 62.0. The lowest BCUT2D eigenvalue weighted by Gasteiger charge is -2.23. The SMILES string of the molecule is Fc1c(F)c(F)c(-c2cc(-n3c4ccc(-c5nc(-c6ccccc6)nc(-c6ccccc6)n5)cc4c4cc(-c5nc(-c6ccccc6)nc(-c6ccccc6)n5)ccc43)c(-n3c4ccc(-c5nc(-c6ccccc6)nc(-c6ccccc6)n5)cc4c4cc(-c5nc(-c6ccccc6)nc(-c6ccccc6)n5)ccc43)cc2C(F)(F)F)c(F)c1F. The lowest BCUT2D eigenvalue weighted by molar-refractivity contribution is -0.137. The summed E-state index contributed by atoms with van der Waals surface area (Å²) in [5.41, 5.74) is 2.72. The van der Waals surface area contributed by atoms with Crippen LogP contribution in [0, 0.1) is 29.1 Å². The summed E-state index contributed by atoms with van der Waals surface area (Å²) in [5, 5.41) is 1.64. The summed E-state index contributed by atoms with van der Waals surface area (Å²) in [6.07, 6.45) is -5.59. The van der Waals surface area contributed by atoms with Crippen molar-refractivity contribution in [2.45, 2.75) is 6.18 Å². The zero-order chi connectivity index (χ0) is 80.6. The van der Waals surface area contributed by atoms with Crippen molar-refractivity contribution < 1.29 is 35.1 Å². The molecular formula is C97H54F8N14. The summed E-state index contributed by atoms with van der Waals surface area (Å²) in [7, 11) is 0. The Morgan fingerprint density at radius 3 is 0.580 bits per heavy atom. The smallest absolute Gasteiger partial charge is 0.307 e. The van der Waals surface area contributed by atoms with E-state index in [-0.39, 0.29) is 56.7 Å². The second-order valence-corrected chi connectivity index (χ2v) is 28.1. The maximum Gasteiger partial charge on any atom is 0.417 e. The molecule has 0 saturated heterocycles. The van der Waals surface area contributed by atoms with Crippen LogP contribution in [0.15, 0.2) is 328 Å². The monoisotopic (exact) mass is 1570 g/mol. The van der Waals surface area contributed by atoms with Crippen molar-refractivity contribution in [3.05, 3.63) is 362 Å². The Hall–Kier alpha value is -15.8. The first-order valence-corrected chi connectivity index (χ1v) is 37.6. The van der Waals surface area contributed by atoms with Crippen LogP contribution in [0.3, 0.4) is 0 Å². The molecule has 22 heteroatoms. The average molecular weight is 1570 g/mol. The molecule has 20 aromatic rings. The normalized spacial score (nSPS) is 11.7. The highest BCUT2D eigenvalue weighted by Gasteiger charge is 2.40. The Balaban J connectivity index is 0.902. The number of hydrogen-bond acceptors (Lipinski definition) is 12. The molecule has 0 unspecified atom stereocenters. The van der Waals surface area contributed by atoms with Crippen molar-refractivity contribution in [2.24, 2.45) is 0 Å². The molecule has 0 saturated carbocycles. The van der Waals surface area contributed by atoms with Gasteiger partial charge in [-0.2, -0.15) is 13.2 Å². The van der Waals surface area contributed by atoms with Crippen LogP contribution < -0.4 is 0 Å². The van der Waals surface area contributed by atoms with Crippen LogP contribution in [0.2, 0.25) is 0 Å². The molecule has 568 valence electrons. The molecular weight excluding hydrogens is 1510 g/mol. The average Bonchev–Trinajstić information content (AvgIpc) is 1.57. The van der Waals surface area contributed by atoms with Gasteiger partial charge < -0.3 is 9.13 Å². The summed E-state index contributed by atoms with van der Waals surface area (Å²) in [6.45, 7) is 0. The Labute approximate surface area is 671 Å². The van der Waals surface area contributed by atoms with Gasteiger partial charge in [0.2, 0.25) is 5.82 Å². The van der Waals surface area contributed by atoms with Crippen LogP contribution in [0.25, 0.3) is 203 Å². The summed E-state index contributed by atoms with van der Waals surface area (Å²) in [6, 6.07) is 97.1. The van der Waals surface area contributed by atoms with Gasteiger partial charge in [-0.25, -0.2) is 81.8 Å². The second kappa shape index (κ2) is 29.5. The minimum absolute atomic E-state index is 0.219. The molecule has 0 spiro atoms. The van der Waals surface area contributed by atoms with Crippen molar-refractivity contribution in [3.63, 3.8) is 0 Å². The van der Waals surface area contributed by atoms with Gasteiger partial charge in [0.25, 0.3) is 0 Å². The minimum atomic E-state index is -5.59. The maximum atomic E-state index is 17.1. The highest BCUT2D eigenvalue weighted by molar-refractivity contribution is 6.14. The molecule has 0 aliphatic rings. The molecule has 20 rings (SSSR count). The summed E-state index contributed by atoms with van der Waals surface area (Å²) in [4.78, 5) is 60.5. The van der Waals surface area contributed by atoms with E-state index in [9.17, 15) is 0 Å². The van der Waals surface area contributed by atoms with E-state index < -0.39 is 52.0 Å². The van der Waals surface area contributed by atoms with Gasteiger partial charge in [-0.05, 0) is 84.9 Å². The number of alkyl halides is 3. The van der Waals surface area contributed by atoms with Gasteiger partial charge in [0.05, 0.1) is 44.6 Å². The topological polar surface area (TPSA) is 165 Å². The molecule has 0 amide bonds. The van der Waals surface area contributed by atoms with E-state index in [0.717, 1.165) is 6.07 Å². The predicted octanol–water partition coefficient (Wildman–Crippen LogP) is 24.0. The van der Waals surface area contributed by atoms with Crippen LogP contribution in [-0.2, 0) is 6.18 Å². The van der Waals surface area contributed by atoms with Crippen molar-refractivity contribution in [3.8, 4) is 159 Å². The van der Waals surface area contributed by atoms with E-state index in [4.69, 9.17) is 59.8 Å². The fourth-order valence-corrected chi connectivity index (χ4v) is 15.1. The molecule has 6 heterocycles. The molecule has 6 aromatic heterocycles. The van der Waals surface area contributed by atoms with Gasteiger partial charge in [0.1, 0.15) is 0 Å². The van der Waals surface area contributed by atoms with E-state index in [1.165, 1.54) is 0 Å². The molecule has 0 radical (unpaired) electrons. The third kappa shape index (κ3) is 13.2. The number of halogens is 8. The van der Waals surface area contributed by atoms with Crippen molar-refractivity contribution in [1.82, 2.24) is 68.9 Å². The van der Waals surface area contributed by atoms with Gasteiger partial charge in [-0.15, -0.1) is 0 Å². The highest BCUT2D eigenvalue weighted by atomic mass is 19.4. The number of benzene rings is 14. The predicted molar refractivity (Wildman–Crippen MR) is 444 cm³/mol. The maximum absolute atomic E-state index is 17.1. The Morgan fingerprint density at radius 2 is 0.378 bits per heavy atom. The largest absolute Gasteiger partial charge is 0.417 e. The molecule has 0 aliphatic carbocycles. The molecule has 0 atom stereocenters. The lowest BCUT2D eigenvalue weighted by Crippen LogP contribution is -2.14. The molecule has 119 heavy (non-hydrogen) atoms. The third-order valence-electron chi connectivity index (χ3n) is 20.7. The molecule has 14 aromatic carbocycles. The highest BCUT2D eigenvalue weighted by Crippen LogP contribution is 2.49. The van der Waals surface area contributed by atoms with Crippen LogP contribution in [0.4, 0.5) is 35.1 Å². The molecule has 14 nitrogen and oxygen atoms in total. The van der Waals surface area contributed by atoms with E-state index in [0.29, 0.717) is 141 Å². The first kappa shape index (κ1) is 72.1. The summed E-state index contributed by atoms with van der Waals surface area (Å²) >= 11 is 0. The van der Waals surface area contributed by atoms with E-state index >= 15 is 35.1 Å². The minimum Gasteiger partial charge on any atom is -0.307 e. The van der Waals surface area contributed by atoms with Crippen molar-refractivity contribution in [1.29, 1.82) is 0 Å². The van der Waals surface area contributed by atoms with Gasteiger partial charge in [0, 0.05) is 93.9 Å². The van der Waals surface area contributed by atoms with Gasteiger partial charge in [-0.1, -0.05) is 243 Å². The number of hydrogen-bond donors (Lipinski definition) is 0. The first-order valence-electron chi connectivity index (χ1n) is 37.6. The van der Waals surface area contributed by atoms with Crippen LogP contribution in [0.1, 0.15) is 5.56 Å². The Morgan fingerprint density at radius 1 is 0.193 bits per heavy atom. The van der Waals surface area contributed by atoms with E-state index in [1.807, 2.05) is 267 Å². The molecule has 0 N–H and O–H groups in total. The number of rotatable bonds is 15. The Bertz CT molecular complexity index is 6750. The quantitative estimate of drug-likeness (QED) is 0.0543. The van der Waals surface area contributed by atoms with Crippen LogP contribution in [-0.4, -0.2) is 68.9 Å². The fourth-order valence-electron chi connectivity index (χ4n) is 15.1. The Kier molecular flexibility index (Phi) is 17.9. The fraction of sp³-hybridized carbons (Fsp3) is 0.0103. The lowest BCUT2D eigenvalue weighted by atomic mass is 9.95. The zero-order valence-electron chi connectivity index (χ0n) is 62.0. The molecule has 0 fully saturated rings. The molecule has 0 bridgehead atoms. The summed E-state index contributed by atoms with van der Waals surface area (Å²) in [5.74, 6) is -8.93. The van der Waals surface area contributed by atoms with Gasteiger partial charge in [-0.3, -0.25) is 0 Å². The standard InChI is InChI=1S/C97H54F8N14/c98-80-79(81(99)83(101)84(102)82(80)100)71-53-77(118-73-45-41-63(93-110-85(55-25-9-1-10-26-55)106-86(111-93)56-27-11-2-12-28-56)49-67(73)68-50-64(42-46-74(68)118)94-112-87(57-29-13-3-14-30-57)107-88(113-94)58-31-15-4-16-32-58)78(54-72(71)97(103,104)105)119-75-47-43-65(95-114-89(59-33-17-5-18-34-59)108-90(115-95)60-35-19-6-20-36-60)51-69(75)70-52-66(44-48-76(70)119)96-116-91(61-37-21-7-22-38-61)109-92(117-96)62-39-23-8-24-40-62/h1-54H. The van der Waals surface area contributed by atoms with Gasteiger partial charge >= 0.3 is 6.18 Å². The van der Waals surface area contributed by atoms with Crippen LogP contribution in [0.5, 0.6) is 0 Å². The van der Waals surface area contributed by atoms with Crippen LogP contribution >= 0.6 is 0 Å².